The highest BCUT2D eigenvalue weighted by Gasteiger charge is 2.18. The first kappa shape index (κ1) is 26.9. The van der Waals surface area contributed by atoms with Crippen LogP contribution in [0.4, 0.5) is 0 Å². The van der Waals surface area contributed by atoms with Crippen LogP contribution < -0.4 is 5.73 Å². The van der Waals surface area contributed by atoms with E-state index in [4.69, 9.17) is 15.2 Å². The standard InChI is InChI=1S/C24H51NO2/c1-4-6-8-10-12-14-16-18-20-22-26-24(3,25)27-23-21-19-17-15-13-11-9-7-5-2/h4-23,25H2,1-3H3. The molecule has 2 N–H and O–H groups in total. The van der Waals surface area contributed by atoms with Crippen molar-refractivity contribution in [2.75, 3.05) is 13.2 Å². The quantitative estimate of drug-likeness (QED) is 0.153. The summed E-state index contributed by atoms with van der Waals surface area (Å²) in [6.07, 6.45) is 23.8. The first-order valence-electron chi connectivity index (χ1n) is 12.2. The fourth-order valence-corrected chi connectivity index (χ4v) is 3.42. The molecule has 3 nitrogen and oxygen atoms in total. The van der Waals surface area contributed by atoms with Crippen molar-refractivity contribution in [1.29, 1.82) is 0 Å². The van der Waals surface area contributed by atoms with E-state index in [1.54, 1.807) is 0 Å². The van der Waals surface area contributed by atoms with E-state index in [1.165, 1.54) is 103 Å². The summed E-state index contributed by atoms with van der Waals surface area (Å²) in [5, 5.41) is 0. The third-order valence-electron chi connectivity index (χ3n) is 5.27. The molecule has 0 spiro atoms. The van der Waals surface area contributed by atoms with Crippen LogP contribution in [0, 0.1) is 0 Å². The van der Waals surface area contributed by atoms with Gasteiger partial charge in [0.25, 0.3) is 0 Å². The normalized spacial score (nSPS) is 12.0. The van der Waals surface area contributed by atoms with Gasteiger partial charge in [-0.25, -0.2) is 0 Å². The van der Waals surface area contributed by atoms with Crippen molar-refractivity contribution in [2.45, 2.75) is 142 Å². The largest absolute Gasteiger partial charge is 0.338 e. The zero-order valence-electron chi connectivity index (χ0n) is 19.0. The number of ether oxygens (including phenoxy) is 2. The molecule has 164 valence electrons. The molecule has 0 heterocycles. The van der Waals surface area contributed by atoms with Crippen LogP contribution in [0.5, 0.6) is 0 Å². The van der Waals surface area contributed by atoms with Crippen LogP contribution in [0.3, 0.4) is 0 Å². The number of hydrogen-bond acceptors (Lipinski definition) is 3. The Balaban J connectivity index is 3.31. The predicted octanol–water partition coefficient (Wildman–Crippen LogP) is 7.71. The Labute approximate surface area is 171 Å². The van der Waals surface area contributed by atoms with E-state index in [0.29, 0.717) is 13.2 Å². The van der Waals surface area contributed by atoms with Crippen LogP contribution in [-0.4, -0.2) is 19.1 Å². The molecule has 0 bridgehead atoms. The average Bonchev–Trinajstić information content (AvgIpc) is 2.64. The summed E-state index contributed by atoms with van der Waals surface area (Å²) in [6.45, 7) is 7.80. The van der Waals surface area contributed by atoms with Gasteiger partial charge in [-0.15, -0.1) is 0 Å². The Kier molecular flexibility index (Phi) is 20.5. The lowest BCUT2D eigenvalue weighted by Gasteiger charge is -2.25. The molecule has 0 aliphatic heterocycles. The third-order valence-corrected chi connectivity index (χ3v) is 5.27. The molecule has 0 saturated carbocycles. The molecular formula is C24H51NO2. The molecule has 0 radical (unpaired) electrons. The van der Waals surface area contributed by atoms with E-state index in [0.717, 1.165) is 12.8 Å². The minimum Gasteiger partial charge on any atom is -0.338 e. The van der Waals surface area contributed by atoms with E-state index in [2.05, 4.69) is 13.8 Å². The van der Waals surface area contributed by atoms with Gasteiger partial charge >= 0.3 is 0 Å². The van der Waals surface area contributed by atoms with E-state index in [-0.39, 0.29) is 0 Å². The Morgan fingerprint density at radius 1 is 0.481 bits per heavy atom. The average molecular weight is 386 g/mol. The van der Waals surface area contributed by atoms with E-state index >= 15 is 0 Å². The highest BCUT2D eigenvalue weighted by atomic mass is 16.7. The van der Waals surface area contributed by atoms with Gasteiger partial charge < -0.3 is 9.47 Å². The van der Waals surface area contributed by atoms with Crippen molar-refractivity contribution < 1.29 is 9.47 Å². The van der Waals surface area contributed by atoms with Crippen molar-refractivity contribution >= 4 is 0 Å². The first-order valence-corrected chi connectivity index (χ1v) is 12.2. The van der Waals surface area contributed by atoms with Gasteiger partial charge in [0.2, 0.25) is 5.91 Å². The molecule has 0 amide bonds. The highest BCUT2D eigenvalue weighted by molar-refractivity contribution is 4.54. The molecule has 0 aromatic heterocycles. The van der Waals surface area contributed by atoms with Crippen molar-refractivity contribution in [3.8, 4) is 0 Å². The SMILES string of the molecule is CCCCCCCCCCCOC(C)(N)OCCCCCCCCCCC. The molecule has 3 heteroatoms. The summed E-state index contributed by atoms with van der Waals surface area (Å²) in [7, 11) is 0. The van der Waals surface area contributed by atoms with Gasteiger partial charge in [0, 0.05) is 6.92 Å². The maximum Gasteiger partial charge on any atom is 0.221 e. The second-order valence-corrected chi connectivity index (χ2v) is 8.37. The monoisotopic (exact) mass is 385 g/mol. The zero-order valence-corrected chi connectivity index (χ0v) is 19.0. The Morgan fingerprint density at radius 2 is 0.741 bits per heavy atom. The molecule has 0 aliphatic carbocycles. The second kappa shape index (κ2) is 20.6. The van der Waals surface area contributed by atoms with Crippen LogP contribution in [0.1, 0.15) is 136 Å². The first-order chi connectivity index (χ1) is 13.1. The molecule has 0 aliphatic rings. The summed E-state index contributed by atoms with van der Waals surface area (Å²) in [5.74, 6) is -0.916. The van der Waals surface area contributed by atoms with Gasteiger partial charge in [0.15, 0.2) is 0 Å². The number of rotatable bonds is 22. The highest BCUT2D eigenvalue weighted by Crippen LogP contribution is 2.13. The van der Waals surface area contributed by atoms with Crippen LogP contribution in [0.15, 0.2) is 0 Å². The molecule has 27 heavy (non-hydrogen) atoms. The fourth-order valence-electron chi connectivity index (χ4n) is 3.42. The van der Waals surface area contributed by atoms with Gasteiger partial charge in [-0.3, -0.25) is 5.73 Å². The minimum atomic E-state index is -0.916. The van der Waals surface area contributed by atoms with Crippen LogP contribution in [-0.2, 0) is 9.47 Å². The molecule has 0 aromatic carbocycles. The van der Waals surface area contributed by atoms with Crippen molar-refractivity contribution in [3.05, 3.63) is 0 Å². The summed E-state index contributed by atoms with van der Waals surface area (Å²) in [5.41, 5.74) is 6.09. The molecule has 0 unspecified atom stereocenters. The summed E-state index contributed by atoms with van der Waals surface area (Å²) in [4.78, 5) is 0. The van der Waals surface area contributed by atoms with E-state index in [1.807, 2.05) is 6.92 Å². The van der Waals surface area contributed by atoms with Gasteiger partial charge in [0.05, 0.1) is 13.2 Å². The summed E-state index contributed by atoms with van der Waals surface area (Å²) < 4.78 is 11.5. The maximum absolute atomic E-state index is 6.09. The van der Waals surface area contributed by atoms with Gasteiger partial charge in [-0.05, 0) is 12.8 Å². The predicted molar refractivity (Wildman–Crippen MR) is 119 cm³/mol. The maximum atomic E-state index is 6.09. The number of hydrogen-bond donors (Lipinski definition) is 1. The lowest BCUT2D eigenvalue weighted by atomic mass is 10.1. The fraction of sp³-hybridized carbons (Fsp3) is 1.00. The summed E-state index contributed by atoms with van der Waals surface area (Å²) >= 11 is 0. The molecule has 0 rings (SSSR count). The molecule has 0 atom stereocenters. The van der Waals surface area contributed by atoms with Crippen LogP contribution in [0.25, 0.3) is 0 Å². The van der Waals surface area contributed by atoms with Crippen molar-refractivity contribution in [2.24, 2.45) is 5.73 Å². The number of unbranched alkanes of at least 4 members (excludes halogenated alkanes) is 16. The van der Waals surface area contributed by atoms with Crippen LogP contribution >= 0.6 is 0 Å². The van der Waals surface area contributed by atoms with E-state index < -0.39 is 5.91 Å². The van der Waals surface area contributed by atoms with Crippen LogP contribution in [0.2, 0.25) is 0 Å². The van der Waals surface area contributed by atoms with E-state index in [9.17, 15) is 0 Å². The van der Waals surface area contributed by atoms with Crippen molar-refractivity contribution in [1.82, 2.24) is 0 Å². The van der Waals surface area contributed by atoms with Gasteiger partial charge in [-0.1, -0.05) is 117 Å². The molecular weight excluding hydrogens is 334 g/mol. The minimum absolute atomic E-state index is 0.709. The van der Waals surface area contributed by atoms with Gasteiger partial charge in [-0.2, -0.15) is 0 Å². The Hall–Kier alpha value is -0.120. The van der Waals surface area contributed by atoms with Gasteiger partial charge in [0.1, 0.15) is 0 Å². The molecule has 0 fully saturated rings. The number of nitrogens with two attached hydrogens (primary N) is 1. The van der Waals surface area contributed by atoms with Crippen molar-refractivity contribution in [3.63, 3.8) is 0 Å². The topological polar surface area (TPSA) is 44.5 Å². The lowest BCUT2D eigenvalue weighted by Crippen LogP contribution is -2.42. The molecule has 0 aromatic rings. The Morgan fingerprint density at radius 3 is 1.04 bits per heavy atom. The Bertz CT molecular complexity index is 256. The smallest absolute Gasteiger partial charge is 0.221 e. The molecule has 0 saturated heterocycles. The third kappa shape index (κ3) is 22.0. The summed E-state index contributed by atoms with van der Waals surface area (Å²) in [6, 6.07) is 0. The zero-order chi connectivity index (χ0) is 20.1. The lowest BCUT2D eigenvalue weighted by molar-refractivity contribution is -0.222. The second-order valence-electron chi connectivity index (χ2n) is 8.37.